The van der Waals surface area contributed by atoms with Crippen LogP contribution >= 0.6 is 0 Å². The fourth-order valence-electron chi connectivity index (χ4n) is 4.46. The highest BCUT2D eigenvalue weighted by Gasteiger charge is 2.47. The molecule has 0 spiro atoms. The average Bonchev–Trinajstić information content (AvgIpc) is 3.17. The fraction of sp³-hybridized carbons (Fsp3) is 0.233. The van der Waals surface area contributed by atoms with Crippen LogP contribution in [-0.2, 0) is 14.3 Å². The Hall–Kier alpha value is -4.59. The molecule has 0 bridgehead atoms. The standard InChI is InChI=1S/C30H29NO7/c1-17(2)38-30(35)20-10-7-11-21(15-20)31-26(19-9-6-8-18(3)14-19)25(28(33)29(31)34)27(32)23-16-22(36-4)12-13-24(23)37-5/h6-17,26,32H,1-5H3/b27-25+. The van der Waals surface area contributed by atoms with Gasteiger partial charge in [-0.15, -0.1) is 0 Å². The van der Waals surface area contributed by atoms with E-state index in [0.29, 0.717) is 22.7 Å². The summed E-state index contributed by atoms with van der Waals surface area (Å²) in [5.74, 6) is -1.92. The number of aryl methyl sites for hydroxylation is 1. The summed E-state index contributed by atoms with van der Waals surface area (Å²) in [4.78, 5) is 40.9. The van der Waals surface area contributed by atoms with E-state index >= 15 is 0 Å². The number of carbonyl (C=O) groups excluding carboxylic acids is 3. The number of methoxy groups -OCH3 is 2. The van der Waals surface area contributed by atoms with Crippen molar-refractivity contribution in [1.82, 2.24) is 0 Å². The Balaban J connectivity index is 1.94. The second-order valence-corrected chi connectivity index (χ2v) is 9.15. The highest BCUT2D eigenvalue weighted by Crippen LogP contribution is 2.44. The van der Waals surface area contributed by atoms with Gasteiger partial charge in [0.05, 0.1) is 43.1 Å². The lowest BCUT2D eigenvalue weighted by atomic mass is 9.94. The Bertz CT molecular complexity index is 1440. The van der Waals surface area contributed by atoms with Crippen LogP contribution in [0.1, 0.15) is 46.9 Å². The second kappa shape index (κ2) is 10.8. The van der Waals surface area contributed by atoms with E-state index < -0.39 is 29.5 Å². The van der Waals surface area contributed by atoms with Crippen LogP contribution in [0, 0.1) is 6.92 Å². The van der Waals surface area contributed by atoms with Crippen molar-refractivity contribution in [3.8, 4) is 11.5 Å². The van der Waals surface area contributed by atoms with E-state index in [1.54, 1.807) is 50.2 Å². The van der Waals surface area contributed by atoms with Crippen LogP contribution in [0.5, 0.6) is 11.5 Å². The molecule has 1 aliphatic rings. The summed E-state index contributed by atoms with van der Waals surface area (Å²) in [5.41, 5.74) is 2.16. The molecule has 0 aromatic heterocycles. The summed E-state index contributed by atoms with van der Waals surface area (Å²) in [6, 6.07) is 17.5. The predicted octanol–water partition coefficient (Wildman–Crippen LogP) is 5.20. The molecule has 8 nitrogen and oxygen atoms in total. The third-order valence-electron chi connectivity index (χ3n) is 6.17. The number of amides is 1. The van der Waals surface area contributed by atoms with E-state index in [4.69, 9.17) is 14.2 Å². The molecule has 1 unspecified atom stereocenters. The first-order valence-corrected chi connectivity index (χ1v) is 12.1. The van der Waals surface area contributed by atoms with Crippen molar-refractivity contribution in [3.05, 3.63) is 94.6 Å². The first-order valence-electron chi connectivity index (χ1n) is 12.1. The first-order chi connectivity index (χ1) is 18.2. The van der Waals surface area contributed by atoms with Crippen LogP contribution in [0.15, 0.2) is 72.3 Å². The largest absolute Gasteiger partial charge is 0.507 e. The summed E-state index contributed by atoms with van der Waals surface area (Å²) in [5, 5.41) is 11.5. The lowest BCUT2D eigenvalue weighted by Gasteiger charge is -2.26. The number of Topliss-reactive ketones (excluding diaryl/α,β-unsaturated/α-hetero) is 1. The molecule has 1 atom stereocenters. The topological polar surface area (TPSA) is 102 Å². The summed E-state index contributed by atoms with van der Waals surface area (Å²) < 4.78 is 16.0. The Labute approximate surface area is 221 Å². The molecule has 1 saturated heterocycles. The molecule has 1 fully saturated rings. The number of aliphatic hydroxyl groups excluding tert-OH is 1. The summed E-state index contributed by atoms with van der Waals surface area (Å²) in [7, 11) is 2.92. The van der Waals surface area contributed by atoms with Gasteiger partial charge < -0.3 is 19.3 Å². The van der Waals surface area contributed by atoms with Crippen LogP contribution in [0.2, 0.25) is 0 Å². The molecule has 1 N–H and O–H groups in total. The van der Waals surface area contributed by atoms with Gasteiger partial charge in [-0.25, -0.2) is 4.79 Å². The molecule has 0 aliphatic carbocycles. The number of carbonyl (C=O) groups is 3. The number of ketones is 1. The number of benzene rings is 3. The number of anilines is 1. The molecule has 3 aromatic carbocycles. The Morgan fingerprint density at radius 1 is 0.947 bits per heavy atom. The van der Waals surface area contributed by atoms with E-state index in [1.807, 2.05) is 25.1 Å². The number of hydrogen-bond acceptors (Lipinski definition) is 7. The van der Waals surface area contributed by atoms with E-state index in [0.717, 1.165) is 5.56 Å². The highest BCUT2D eigenvalue weighted by molar-refractivity contribution is 6.51. The van der Waals surface area contributed by atoms with Gasteiger partial charge >= 0.3 is 5.97 Å². The minimum Gasteiger partial charge on any atom is -0.507 e. The minimum atomic E-state index is -0.970. The van der Waals surface area contributed by atoms with Gasteiger partial charge in [-0.1, -0.05) is 35.9 Å². The number of esters is 1. The van der Waals surface area contributed by atoms with Crippen molar-refractivity contribution in [2.24, 2.45) is 0 Å². The highest BCUT2D eigenvalue weighted by atomic mass is 16.5. The number of ether oxygens (including phenoxy) is 3. The van der Waals surface area contributed by atoms with Crippen LogP contribution in [0.4, 0.5) is 5.69 Å². The zero-order valence-electron chi connectivity index (χ0n) is 21.8. The maximum absolute atomic E-state index is 13.5. The molecule has 4 rings (SSSR count). The SMILES string of the molecule is COc1ccc(OC)c(/C(O)=C2\C(=O)C(=O)N(c3cccc(C(=O)OC(C)C)c3)C2c2cccc(C)c2)c1. The van der Waals surface area contributed by atoms with E-state index in [1.165, 1.54) is 31.3 Å². The molecule has 1 aliphatic heterocycles. The van der Waals surface area contributed by atoms with E-state index in [9.17, 15) is 19.5 Å². The lowest BCUT2D eigenvalue weighted by Crippen LogP contribution is -2.29. The molecule has 196 valence electrons. The third-order valence-corrected chi connectivity index (χ3v) is 6.17. The predicted molar refractivity (Wildman–Crippen MR) is 143 cm³/mol. The van der Waals surface area contributed by atoms with Crippen LogP contribution in [0.25, 0.3) is 5.76 Å². The van der Waals surface area contributed by atoms with Gasteiger partial charge in [0.25, 0.3) is 11.7 Å². The van der Waals surface area contributed by atoms with Crippen molar-refractivity contribution in [3.63, 3.8) is 0 Å². The summed E-state index contributed by atoms with van der Waals surface area (Å²) in [6.07, 6.45) is -0.328. The summed E-state index contributed by atoms with van der Waals surface area (Å²) in [6.45, 7) is 5.37. The minimum absolute atomic E-state index is 0.109. The van der Waals surface area contributed by atoms with Gasteiger partial charge in [0.1, 0.15) is 17.3 Å². The number of nitrogens with zero attached hydrogens (tertiary/aromatic N) is 1. The van der Waals surface area contributed by atoms with Crippen LogP contribution < -0.4 is 14.4 Å². The van der Waals surface area contributed by atoms with E-state index in [-0.39, 0.29) is 22.8 Å². The van der Waals surface area contributed by atoms with Crippen molar-refractivity contribution in [1.29, 1.82) is 0 Å². The van der Waals surface area contributed by atoms with Crippen LogP contribution in [0.3, 0.4) is 0 Å². The molecule has 0 saturated carbocycles. The monoisotopic (exact) mass is 515 g/mol. The van der Waals surface area contributed by atoms with Crippen molar-refractivity contribution >= 4 is 29.1 Å². The number of aliphatic hydroxyl groups is 1. The summed E-state index contributed by atoms with van der Waals surface area (Å²) >= 11 is 0. The molecular formula is C30H29NO7. The van der Waals surface area contributed by atoms with Gasteiger partial charge in [0.2, 0.25) is 0 Å². The van der Waals surface area contributed by atoms with Crippen LogP contribution in [-0.4, -0.2) is 43.1 Å². The smallest absolute Gasteiger partial charge is 0.338 e. The van der Waals surface area contributed by atoms with Gasteiger partial charge in [0.15, 0.2) is 0 Å². The number of rotatable bonds is 7. The second-order valence-electron chi connectivity index (χ2n) is 9.15. The Kier molecular flexibility index (Phi) is 7.52. The first kappa shape index (κ1) is 26.5. The fourth-order valence-corrected chi connectivity index (χ4v) is 4.46. The molecule has 1 amide bonds. The maximum atomic E-state index is 13.5. The quantitative estimate of drug-likeness (QED) is 0.200. The normalized spacial score (nSPS) is 16.6. The van der Waals surface area contributed by atoms with Gasteiger partial charge in [-0.05, 0) is 62.7 Å². The van der Waals surface area contributed by atoms with Crippen molar-refractivity contribution in [2.45, 2.75) is 32.9 Å². The molecule has 3 aromatic rings. The Morgan fingerprint density at radius 3 is 2.34 bits per heavy atom. The lowest BCUT2D eigenvalue weighted by molar-refractivity contribution is -0.132. The van der Waals surface area contributed by atoms with Crippen molar-refractivity contribution in [2.75, 3.05) is 19.1 Å². The molecule has 8 heteroatoms. The third kappa shape index (κ3) is 4.98. The van der Waals surface area contributed by atoms with E-state index in [2.05, 4.69) is 0 Å². The van der Waals surface area contributed by atoms with Gasteiger partial charge in [0, 0.05) is 5.69 Å². The molecule has 0 radical (unpaired) electrons. The molecular weight excluding hydrogens is 486 g/mol. The average molecular weight is 516 g/mol. The zero-order valence-corrected chi connectivity index (χ0v) is 21.8. The molecule has 38 heavy (non-hydrogen) atoms. The number of hydrogen-bond donors (Lipinski definition) is 1. The Morgan fingerprint density at radius 2 is 1.68 bits per heavy atom. The molecule has 1 heterocycles. The maximum Gasteiger partial charge on any atom is 0.338 e. The van der Waals surface area contributed by atoms with Crippen molar-refractivity contribution < 1.29 is 33.7 Å². The van der Waals surface area contributed by atoms with Gasteiger partial charge in [-0.3, -0.25) is 14.5 Å². The van der Waals surface area contributed by atoms with Gasteiger partial charge in [-0.2, -0.15) is 0 Å². The zero-order chi connectivity index (χ0) is 27.6.